The van der Waals surface area contributed by atoms with Crippen LogP contribution >= 0.6 is 0 Å². The molecule has 8 rings (SSSR count). The molecule has 2 N–H and O–H groups in total. The molecule has 2 aromatic carbocycles. The Balaban J connectivity index is 0.000000615. The fourth-order valence-electron chi connectivity index (χ4n) is 7.43. The fraction of sp³-hybridized carbons (Fsp3) is 0.450. The maximum Gasteiger partial charge on any atom is 0.255 e. The van der Waals surface area contributed by atoms with E-state index in [0.29, 0.717) is 11.6 Å². The minimum atomic E-state index is -0.510. The highest BCUT2D eigenvalue weighted by Gasteiger charge is 2.54. The summed E-state index contributed by atoms with van der Waals surface area (Å²) >= 11 is 0. The minimum Gasteiger partial charge on any atom is -0.490 e. The standard InChI is InChI=1S/C35H37FN6O3.C5H10O/c1-23(2)40-34(43)27-14-25(36)8-9-30(27)45-32-17-37-22-39-33(32)42-20-35(21-42)15-26(16-35)44-31-10-12-38-29-11-13-41(19-28(29)31)18-24-6-4-3-5-7-24;1-5(6)3-2-4-5/h3-10,12,14,17,22-23,26H,11,13,15-16,18-21H2,1-2H3,(H,40,43);6H,2-4H2,1H3. The molecule has 51 heavy (non-hydrogen) atoms. The van der Waals surface area contributed by atoms with Gasteiger partial charge in [-0.25, -0.2) is 14.4 Å². The summed E-state index contributed by atoms with van der Waals surface area (Å²) in [6.07, 6.45) is 11.2. The monoisotopic (exact) mass is 694 g/mol. The smallest absolute Gasteiger partial charge is 0.255 e. The lowest BCUT2D eigenvalue weighted by Gasteiger charge is -2.59. The summed E-state index contributed by atoms with van der Waals surface area (Å²) in [5.41, 5.74) is 3.68. The van der Waals surface area contributed by atoms with Crippen LogP contribution in [-0.2, 0) is 19.5 Å². The van der Waals surface area contributed by atoms with Crippen LogP contribution in [0.3, 0.4) is 0 Å². The topological polar surface area (TPSA) is 113 Å². The maximum absolute atomic E-state index is 14.1. The zero-order chi connectivity index (χ0) is 35.6. The summed E-state index contributed by atoms with van der Waals surface area (Å²) in [5, 5.41) is 11.7. The van der Waals surface area contributed by atoms with Crippen molar-refractivity contribution < 1.29 is 23.8 Å². The molecule has 3 fully saturated rings. The Hall–Kier alpha value is -4.61. The molecular weight excluding hydrogens is 647 g/mol. The van der Waals surface area contributed by atoms with Crippen molar-refractivity contribution in [3.8, 4) is 17.2 Å². The summed E-state index contributed by atoms with van der Waals surface area (Å²) in [7, 11) is 0. The number of hydrogen-bond acceptors (Lipinski definition) is 9. The number of nitrogens with zero attached hydrogens (tertiary/aromatic N) is 5. The lowest BCUT2D eigenvalue weighted by Crippen LogP contribution is -2.65. The molecule has 0 atom stereocenters. The van der Waals surface area contributed by atoms with Crippen LogP contribution < -0.4 is 19.7 Å². The summed E-state index contributed by atoms with van der Waals surface area (Å²) in [5.74, 6) is 1.37. The molecule has 10 nitrogen and oxygen atoms in total. The summed E-state index contributed by atoms with van der Waals surface area (Å²) in [6.45, 7) is 9.97. The molecule has 0 radical (unpaired) electrons. The second-order valence-electron chi connectivity index (χ2n) is 15.1. The molecule has 2 aliphatic carbocycles. The number of carbonyl (C=O) groups excluding carboxylic acids is 1. The van der Waals surface area contributed by atoms with E-state index in [9.17, 15) is 9.18 Å². The van der Waals surface area contributed by atoms with E-state index in [2.05, 4.69) is 60.4 Å². The maximum atomic E-state index is 14.1. The number of aliphatic hydroxyl groups is 1. The van der Waals surface area contributed by atoms with Crippen LogP contribution in [0, 0.1) is 11.2 Å². The number of carbonyl (C=O) groups is 1. The fourth-order valence-corrected chi connectivity index (χ4v) is 7.43. The normalized spacial score (nSPS) is 18.7. The quantitative estimate of drug-likeness (QED) is 0.204. The van der Waals surface area contributed by atoms with Gasteiger partial charge in [0.25, 0.3) is 5.91 Å². The van der Waals surface area contributed by atoms with Gasteiger partial charge >= 0.3 is 0 Å². The number of amides is 1. The second-order valence-corrected chi connectivity index (χ2v) is 15.1. The molecule has 2 saturated carbocycles. The largest absolute Gasteiger partial charge is 0.490 e. The predicted octanol–water partition coefficient (Wildman–Crippen LogP) is 6.47. The van der Waals surface area contributed by atoms with Gasteiger partial charge in [-0.2, -0.15) is 0 Å². The van der Waals surface area contributed by atoms with Gasteiger partial charge in [0.2, 0.25) is 0 Å². The number of anilines is 1. The molecule has 11 heteroatoms. The number of benzene rings is 2. The molecule has 4 aliphatic rings. The molecule has 268 valence electrons. The molecule has 1 saturated heterocycles. The van der Waals surface area contributed by atoms with E-state index >= 15 is 0 Å². The van der Waals surface area contributed by atoms with Crippen LogP contribution in [0.4, 0.5) is 10.2 Å². The third-order valence-corrected chi connectivity index (χ3v) is 10.3. The third-order valence-electron chi connectivity index (χ3n) is 10.3. The third kappa shape index (κ3) is 8.15. The Morgan fingerprint density at radius 1 is 1.06 bits per heavy atom. The SMILES string of the molecule is CC(C)NC(=O)c1cc(F)ccc1Oc1cncnc1N1CC2(CC(Oc3ccnc4c3CN(Cc3ccccc3)CC4)C2)C1.CC1(O)CCC1. The number of halogens is 1. The van der Waals surface area contributed by atoms with Crippen molar-refractivity contribution in [3.05, 3.63) is 102 Å². The van der Waals surface area contributed by atoms with Gasteiger partial charge < -0.3 is 24.8 Å². The average molecular weight is 695 g/mol. The van der Waals surface area contributed by atoms with Gasteiger partial charge in [-0.1, -0.05) is 30.3 Å². The molecule has 1 amide bonds. The number of ether oxygens (including phenoxy) is 2. The van der Waals surface area contributed by atoms with Crippen LogP contribution in [0.2, 0.25) is 0 Å². The van der Waals surface area contributed by atoms with Crippen molar-refractivity contribution in [2.45, 2.75) is 90.1 Å². The second kappa shape index (κ2) is 14.6. The van der Waals surface area contributed by atoms with Gasteiger partial charge in [0.1, 0.15) is 29.7 Å². The van der Waals surface area contributed by atoms with Crippen molar-refractivity contribution in [2.24, 2.45) is 5.41 Å². The minimum absolute atomic E-state index is 0.102. The lowest BCUT2D eigenvalue weighted by atomic mass is 9.61. The number of rotatable bonds is 9. The number of nitrogens with one attached hydrogen (secondary N) is 1. The van der Waals surface area contributed by atoms with Crippen molar-refractivity contribution >= 4 is 11.7 Å². The van der Waals surface area contributed by atoms with Crippen molar-refractivity contribution in [3.63, 3.8) is 0 Å². The molecule has 0 unspecified atom stereocenters. The number of hydrogen-bond donors (Lipinski definition) is 2. The first-order valence-electron chi connectivity index (χ1n) is 18.0. The van der Waals surface area contributed by atoms with Gasteiger partial charge in [0.15, 0.2) is 11.6 Å². The molecule has 1 spiro atoms. The summed E-state index contributed by atoms with van der Waals surface area (Å²) in [6, 6.07) is 16.4. The Morgan fingerprint density at radius 3 is 2.53 bits per heavy atom. The van der Waals surface area contributed by atoms with Gasteiger partial charge in [-0.3, -0.25) is 14.7 Å². The van der Waals surface area contributed by atoms with Gasteiger partial charge in [0, 0.05) is 68.1 Å². The molecule has 2 aliphatic heterocycles. The van der Waals surface area contributed by atoms with Crippen LogP contribution in [0.25, 0.3) is 0 Å². The highest BCUT2D eigenvalue weighted by atomic mass is 19.1. The Bertz CT molecular complexity index is 1830. The van der Waals surface area contributed by atoms with Crippen LogP contribution in [0.15, 0.2) is 73.3 Å². The van der Waals surface area contributed by atoms with Crippen molar-refractivity contribution in [1.82, 2.24) is 25.2 Å². The molecular formula is C40H47FN6O4. The zero-order valence-electron chi connectivity index (χ0n) is 29.6. The van der Waals surface area contributed by atoms with E-state index < -0.39 is 11.7 Å². The molecule has 0 bridgehead atoms. The first-order valence-corrected chi connectivity index (χ1v) is 18.0. The van der Waals surface area contributed by atoms with Crippen LogP contribution in [-0.4, -0.2) is 68.2 Å². The van der Waals surface area contributed by atoms with E-state index in [1.165, 1.54) is 42.1 Å². The van der Waals surface area contributed by atoms with Crippen molar-refractivity contribution in [2.75, 3.05) is 24.5 Å². The highest BCUT2D eigenvalue weighted by Crippen LogP contribution is 2.52. The number of fused-ring (bicyclic) bond motifs is 1. The van der Waals surface area contributed by atoms with E-state index in [0.717, 1.165) is 76.3 Å². The first kappa shape index (κ1) is 34.8. The number of aromatic nitrogens is 3. The van der Waals surface area contributed by atoms with Crippen LogP contribution in [0.5, 0.6) is 17.2 Å². The molecule has 4 heterocycles. The summed E-state index contributed by atoms with van der Waals surface area (Å²) < 4.78 is 26.8. The van der Waals surface area contributed by atoms with E-state index in [-0.39, 0.29) is 34.5 Å². The van der Waals surface area contributed by atoms with Crippen molar-refractivity contribution in [1.29, 1.82) is 0 Å². The summed E-state index contributed by atoms with van der Waals surface area (Å²) in [4.78, 5) is 30.7. The van der Waals surface area contributed by atoms with Gasteiger partial charge in [0.05, 0.1) is 17.4 Å². The predicted molar refractivity (Wildman–Crippen MR) is 192 cm³/mol. The molecule has 4 aromatic rings. The number of pyridine rings is 1. The first-order chi connectivity index (χ1) is 24.5. The molecule has 2 aromatic heterocycles. The van der Waals surface area contributed by atoms with Gasteiger partial charge in [-0.15, -0.1) is 0 Å². The average Bonchev–Trinajstić information content (AvgIpc) is 3.06. The van der Waals surface area contributed by atoms with Crippen LogP contribution in [0.1, 0.15) is 80.1 Å². The Morgan fingerprint density at radius 2 is 1.82 bits per heavy atom. The van der Waals surface area contributed by atoms with E-state index in [1.807, 2.05) is 33.0 Å². The van der Waals surface area contributed by atoms with E-state index in [1.54, 1.807) is 6.20 Å². The van der Waals surface area contributed by atoms with Gasteiger partial charge in [-0.05, 0) is 82.7 Å². The zero-order valence-corrected chi connectivity index (χ0v) is 29.6. The Kier molecular flexibility index (Phi) is 9.94. The Labute approximate surface area is 299 Å². The highest BCUT2D eigenvalue weighted by molar-refractivity contribution is 5.97. The van der Waals surface area contributed by atoms with E-state index in [4.69, 9.17) is 14.6 Å². The lowest BCUT2D eigenvalue weighted by molar-refractivity contribution is -0.0353.